The topological polar surface area (TPSA) is 35.5 Å². The Morgan fingerprint density at radius 1 is 1.35 bits per heavy atom. The van der Waals surface area contributed by atoms with E-state index in [9.17, 15) is 4.79 Å². The third-order valence-corrected chi connectivity index (χ3v) is 4.97. The first-order valence-corrected chi connectivity index (χ1v) is 8.76. The molecule has 0 atom stereocenters. The summed E-state index contributed by atoms with van der Waals surface area (Å²) < 4.78 is 12.2. The van der Waals surface area contributed by atoms with E-state index in [4.69, 9.17) is 32.7 Å². The molecule has 1 aliphatic rings. The third-order valence-electron chi connectivity index (χ3n) is 3.48. The maximum absolute atomic E-state index is 12.0. The molecule has 0 aliphatic carbocycles. The number of carbonyl (C=O) groups excluding carboxylic acids is 1. The summed E-state index contributed by atoms with van der Waals surface area (Å²) in [7, 11) is 0. The van der Waals surface area contributed by atoms with Gasteiger partial charge in [0.05, 0.1) is 17.6 Å². The molecule has 0 radical (unpaired) electrons. The van der Waals surface area contributed by atoms with Crippen LogP contribution in [0.25, 0.3) is 17.2 Å². The fourth-order valence-corrected chi connectivity index (χ4v) is 3.96. The van der Waals surface area contributed by atoms with E-state index in [1.807, 2.05) is 30.3 Å². The van der Waals surface area contributed by atoms with Crippen molar-refractivity contribution in [3.05, 3.63) is 44.1 Å². The number of fused-ring (bicyclic) bond motifs is 1. The van der Waals surface area contributed by atoms with Crippen molar-refractivity contribution in [3.8, 4) is 16.9 Å². The summed E-state index contributed by atoms with van der Waals surface area (Å²) in [6.07, 6.45) is 2.33. The van der Waals surface area contributed by atoms with Gasteiger partial charge in [-0.25, -0.2) is 4.79 Å². The van der Waals surface area contributed by atoms with Crippen molar-refractivity contribution >= 4 is 46.6 Å². The highest BCUT2D eigenvalue weighted by Crippen LogP contribution is 2.44. The maximum atomic E-state index is 12.0. The van der Waals surface area contributed by atoms with Crippen molar-refractivity contribution in [2.45, 2.75) is 13.3 Å². The maximum Gasteiger partial charge on any atom is 0.334 e. The summed E-state index contributed by atoms with van der Waals surface area (Å²) in [6.45, 7) is 2.55. The quantitative estimate of drug-likeness (QED) is 0.675. The summed E-state index contributed by atoms with van der Waals surface area (Å²) >= 11 is 13.6. The van der Waals surface area contributed by atoms with Crippen LogP contribution in [0.1, 0.15) is 18.9 Å². The summed E-state index contributed by atoms with van der Waals surface area (Å²) in [5.74, 6) is 0.411. The number of ether oxygens (including phenoxy) is 2. The number of thiophene rings is 1. The van der Waals surface area contributed by atoms with E-state index in [2.05, 4.69) is 0 Å². The highest BCUT2D eigenvalue weighted by molar-refractivity contribution is 7.20. The lowest BCUT2D eigenvalue weighted by molar-refractivity contribution is -0.138. The number of esters is 1. The summed E-state index contributed by atoms with van der Waals surface area (Å²) in [4.78, 5) is 12.0. The Balaban J connectivity index is 2.07. The lowest BCUT2D eigenvalue weighted by Crippen LogP contribution is -2.09. The minimum absolute atomic E-state index is 0.300. The zero-order valence-electron chi connectivity index (χ0n) is 12.4. The second-order valence-electron chi connectivity index (χ2n) is 4.95. The van der Waals surface area contributed by atoms with Crippen LogP contribution < -0.4 is 4.74 Å². The molecule has 6 heteroatoms. The van der Waals surface area contributed by atoms with Crippen molar-refractivity contribution in [3.63, 3.8) is 0 Å². The number of hydrogen-bond acceptors (Lipinski definition) is 4. The van der Waals surface area contributed by atoms with E-state index in [1.54, 1.807) is 6.92 Å². The molecule has 0 fully saturated rings. The van der Waals surface area contributed by atoms with Crippen LogP contribution in [0.3, 0.4) is 0 Å². The van der Waals surface area contributed by atoms with Gasteiger partial charge in [-0.3, -0.25) is 0 Å². The highest BCUT2D eigenvalue weighted by atomic mass is 35.5. The molecule has 0 bridgehead atoms. The van der Waals surface area contributed by atoms with Crippen molar-refractivity contribution in [1.29, 1.82) is 0 Å². The molecule has 1 aromatic heterocycles. The molecular weight excluding hydrogens is 355 g/mol. The smallest absolute Gasteiger partial charge is 0.334 e. The number of halogens is 2. The Kier molecular flexibility index (Phi) is 4.95. The number of rotatable bonds is 3. The van der Waals surface area contributed by atoms with Gasteiger partial charge < -0.3 is 9.47 Å². The van der Waals surface area contributed by atoms with Gasteiger partial charge in [0.25, 0.3) is 0 Å². The molecule has 1 aliphatic heterocycles. The molecule has 3 nitrogen and oxygen atoms in total. The van der Waals surface area contributed by atoms with Crippen LogP contribution in [0.4, 0.5) is 0 Å². The Labute approximate surface area is 148 Å². The van der Waals surface area contributed by atoms with Gasteiger partial charge in [-0.15, -0.1) is 11.3 Å². The van der Waals surface area contributed by atoms with Crippen molar-refractivity contribution in [2.75, 3.05) is 13.2 Å². The van der Waals surface area contributed by atoms with Gasteiger partial charge in [0.2, 0.25) is 0 Å². The molecule has 0 spiro atoms. The van der Waals surface area contributed by atoms with Gasteiger partial charge in [0.15, 0.2) is 0 Å². The number of carbonyl (C=O) groups is 1. The average Bonchev–Trinajstić information content (AvgIpc) is 2.73. The van der Waals surface area contributed by atoms with E-state index in [0.717, 1.165) is 16.7 Å². The predicted octanol–water partition coefficient (Wildman–Crippen LogP) is 5.45. The summed E-state index contributed by atoms with van der Waals surface area (Å²) in [6, 6.07) is 7.58. The van der Waals surface area contributed by atoms with E-state index in [-0.39, 0.29) is 5.97 Å². The number of benzene rings is 1. The number of hydrogen-bond donors (Lipinski definition) is 0. The zero-order valence-corrected chi connectivity index (χ0v) is 14.7. The van der Waals surface area contributed by atoms with Gasteiger partial charge in [0.1, 0.15) is 10.1 Å². The lowest BCUT2D eigenvalue weighted by atomic mass is 10.0. The molecule has 2 aromatic rings. The molecule has 0 saturated heterocycles. The first-order chi connectivity index (χ1) is 11.1. The average molecular weight is 369 g/mol. The molecule has 0 saturated carbocycles. The van der Waals surface area contributed by atoms with Gasteiger partial charge >= 0.3 is 5.97 Å². The van der Waals surface area contributed by atoms with Crippen LogP contribution in [-0.4, -0.2) is 19.2 Å². The van der Waals surface area contributed by atoms with Gasteiger partial charge in [0, 0.05) is 28.7 Å². The van der Waals surface area contributed by atoms with E-state index >= 15 is 0 Å². The molecule has 0 unspecified atom stereocenters. The Bertz CT molecular complexity index is 780. The van der Waals surface area contributed by atoms with E-state index in [1.165, 1.54) is 11.3 Å². The molecule has 23 heavy (non-hydrogen) atoms. The molecule has 0 N–H and O–H groups in total. The van der Waals surface area contributed by atoms with Crippen LogP contribution >= 0.6 is 34.5 Å². The summed E-state index contributed by atoms with van der Waals surface area (Å²) in [5, 5.41) is 0. The Morgan fingerprint density at radius 3 is 2.87 bits per heavy atom. The van der Waals surface area contributed by atoms with Gasteiger partial charge in [-0.05, 0) is 19.1 Å². The first kappa shape index (κ1) is 16.4. The van der Waals surface area contributed by atoms with Crippen LogP contribution in [0.2, 0.25) is 8.67 Å². The molecule has 120 valence electrons. The minimum Gasteiger partial charge on any atom is -0.492 e. The summed E-state index contributed by atoms with van der Waals surface area (Å²) in [5.41, 5.74) is 3.15. The molecule has 0 amide bonds. The highest BCUT2D eigenvalue weighted by Gasteiger charge is 2.20. The lowest BCUT2D eigenvalue weighted by Gasteiger charge is -2.11. The first-order valence-electron chi connectivity index (χ1n) is 7.19. The molecule has 2 heterocycles. The van der Waals surface area contributed by atoms with Crippen molar-refractivity contribution in [2.24, 2.45) is 0 Å². The Morgan fingerprint density at radius 2 is 2.17 bits per heavy atom. The fourth-order valence-electron chi connectivity index (χ4n) is 2.47. The van der Waals surface area contributed by atoms with E-state index in [0.29, 0.717) is 39.6 Å². The third kappa shape index (κ3) is 3.39. The fraction of sp³-hybridized carbons (Fsp3) is 0.235. The van der Waals surface area contributed by atoms with Crippen LogP contribution in [0.5, 0.6) is 5.75 Å². The zero-order chi connectivity index (χ0) is 16.4. The largest absolute Gasteiger partial charge is 0.492 e. The molecule has 3 rings (SSSR count). The monoisotopic (exact) mass is 368 g/mol. The SMILES string of the molecule is CCOC(=O)C1=Cc2cccc(-c3cc(Cl)sc3Cl)c2OCC1. The standard InChI is InChI=1S/C17H14Cl2O3S/c1-2-21-17(20)11-6-7-22-15-10(8-11)4-3-5-12(15)13-9-14(18)23-16(13)19/h3-5,8-9H,2,6-7H2,1H3. The van der Waals surface area contributed by atoms with Crippen molar-refractivity contribution < 1.29 is 14.3 Å². The van der Waals surface area contributed by atoms with Crippen LogP contribution in [0.15, 0.2) is 29.8 Å². The van der Waals surface area contributed by atoms with Crippen LogP contribution in [-0.2, 0) is 9.53 Å². The van der Waals surface area contributed by atoms with Crippen molar-refractivity contribution in [1.82, 2.24) is 0 Å². The van der Waals surface area contributed by atoms with Crippen LogP contribution in [0, 0.1) is 0 Å². The van der Waals surface area contributed by atoms with Gasteiger partial charge in [-0.1, -0.05) is 41.4 Å². The number of para-hydroxylation sites is 1. The molecular formula is C17H14Cl2O3S. The van der Waals surface area contributed by atoms with E-state index < -0.39 is 0 Å². The second kappa shape index (κ2) is 6.95. The predicted molar refractivity (Wildman–Crippen MR) is 94.5 cm³/mol. The second-order valence-corrected chi connectivity index (χ2v) is 7.24. The van der Waals surface area contributed by atoms with Gasteiger partial charge in [-0.2, -0.15) is 0 Å². The normalized spacial score (nSPS) is 13.6. The molecule has 1 aromatic carbocycles. The Hall–Kier alpha value is -1.49. The minimum atomic E-state index is -0.300.